The molecular formula is C12H17N3O4S. The second-order valence-electron chi connectivity index (χ2n) is 4.86. The lowest BCUT2D eigenvalue weighted by atomic mass is 10.1. The predicted molar refractivity (Wildman–Crippen MR) is 73.7 cm³/mol. The van der Waals surface area contributed by atoms with Crippen molar-refractivity contribution in [2.75, 3.05) is 13.6 Å². The van der Waals surface area contributed by atoms with E-state index < -0.39 is 14.9 Å². The van der Waals surface area contributed by atoms with Crippen molar-refractivity contribution in [3.63, 3.8) is 0 Å². The van der Waals surface area contributed by atoms with Gasteiger partial charge in [0, 0.05) is 12.1 Å². The molecule has 0 aromatic heterocycles. The lowest BCUT2D eigenvalue weighted by Crippen LogP contribution is -2.48. The van der Waals surface area contributed by atoms with Crippen molar-refractivity contribution in [2.24, 2.45) is 0 Å². The third kappa shape index (κ3) is 3.33. The smallest absolute Gasteiger partial charge is 0.269 e. The molecule has 0 bridgehead atoms. The fourth-order valence-electron chi connectivity index (χ4n) is 2.22. The van der Waals surface area contributed by atoms with Gasteiger partial charge >= 0.3 is 0 Å². The molecule has 0 aliphatic carbocycles. The second-order valence-corrected chi connectivity index (χ2v) is 6.58. The molecule has 0 radical (unpaired) electrons. The van der Waals surface area contributed by atoms with Crippen LogP contribution in [0.4, 0.5) is 5.69 Å². The molecule has 110 valence electrons. The van der Waals surface area contributed by atoms with E-state index in [1.807, 2.05) is 11.9 Å². The molecule has 1 aliphatic rings. The third-order valence-electron chi connectivity index (χ3n) is 3.42. The van der Waals surface area contributed by atoms with Crippen molar-refractivity contribution < 1.29 is 13.3 Å². The summed E-state index contributed by atoms with van der Waals surface area (Å²) in [6.07, 6.45) is 2.59. The minimum atomic E-state index is -3.65. The molecule has 7 nitrogen and oxygen atoms in total. The molecule has 0 saturated carbocycles. The molecule has 1 aromatic carbocycles. The number of hydrogen-bond acceptors (Lipinski definition) is 5. The Morgan fingerprint density at radius 1 is 1.30 bits per heavy atom. The first-order chi connectivity index (χ1) is 9.40. The molecule has 1 N–H and O–H groups in total. The molecule has 1 fully saturated rings. The van der Waals surface area contributed by atoms with Crippen molar-refractivity contribution in [3.8, 4) is 0 Å². The summed E-state index contributed by atoms with van der Waals surface area (Å²) in [5, 5.41) is 10.6. The quantitative estimate of drug-likeness (QED) is 0.668. The average Bonchev–Trinajstić information content (AvgIpc) is 2.41. The van der Waals surface area contributed by atoms with Gasteiger partial charge in [-0.2, -0.15) is 4.72 Å². The van der Waals surface area contributed by atoms with Crippen LogP contribution in [0.15, 0.2) is 29.2 Å². The lowest BCUT2D eigenvalue weighted by Gasteiger charge is -2.32. The van der Waals surface area contributed by atoms with Gasteiger partial charge in [0.1, 0.15) is 0 Å². The maximum Gasteiger partial charge on any atom is 0.269 e. The highest BCUT2D eigenvalue weighted by Gasteiger charge is 2.25. The van der Waals surface area contributed by atoms with Gasteiger partial charge in [-0.05, 0) is 45.0 Å². The zero-order valence-electron chi connectivity index (χ0n) is 11.2. The van der Waals surface area contributed by atoms with Crippen LogP contribution >= 0.6 is 0 Å². The summed E-state index contributed by atoms with van der Waals surface area (Å²) in [5.74, 6) is 0. The number of nitro groups is 1. The van der Waals surface area contributed by atoms with Crippen LogP contribution in [0.25, 0.3) is 0 Å². The molecule has 1 atom stereocenters. The van der Waals surface area contributed by atoms with E-state index in [0.717, 1.165) is 25.8 Å². The largest absolute Gasteiger partial charge is 0.290 e. The van der Waals surface area contributed by atoms with Gasteiger partial charge < -0.3 is 0 Å². The third-order valence-corrected chi connectivity index (χ3v) is 4.89. The summed E-state index contributed by atoms with van der Waals surface area (Å²) in [6, 6.07) is 4.89. The normalized spacial score (nSPS) is 20.8. The lowest BCUT2D eigenvalue weighted by molar-refractivity contribution is -0.384. The van der Waals surface area contributed by atoms with Gasteiger partial charge in [0.05, 0.1) is 16.0 Å². The Hall–Kier alpha value is -1.51. The van der Waals surface area contributed by atoms with E-state index in [-0.39, 0.29) is 16.7 Å². The highest BCUT2D eigenvalue weighted by Crippen LogP contribution is 2.18. The maximum absolute atomic E-state index is 12.2. The van der Waals surface area contributed by atoms with Crippen molar-refractivity contribution in [3.05, 3.63) is 34.4 Å². The Balaban J connectivity index is 2.15. The van der Waals surface area contributed by atoms with Crippen LogP contribution in [0.3, 0.4) is 0 Å². The van der Waals surface area contributed by atoms with E-state index in [0.29, 0.717) is 0 Å². The number of hydrogen-bond donors (Lipinski definition) is 1. The summed E-state index contributed by atoms with van der Waals surface area (Å²) in [5.41, 5.74) is -0.126. The van der Waals surface area contributed by atoms with E-state index in [2.05, 4.69) is 4.72 Å². The van der Waals surface area contributed by atoms with Gasteiger partial charge in [0.15, 0.2) is 0 Å². The van der Waals surface area contributed by atoms with E-state index in [9.17, 15) is 18.5 Å². The molecule has 20 heavy (non-hydrogen) atoms. The van der Waals surface area contributed by atoms with Crippen LogP contribution in [0, 0.1) is 10.1 Å². The van der Waals surface area contributed by atoms with Gasteiger partial charge in [0.25, 0.3) is 5.69 Å². The monoisotopic (exact) mass is 299 g/mol. The predicted octanol–water partition coefficient (Wildman–Crippen LogP) is 1.31. The number of non-ortho nitro benzene ring substituents is 1. The summed E-state index contributed by atoms with van der Waals surface area (Å²) in [4.78, 5) is 12.0. The molecule has 1 saturated heterocycles. The SMILES string of the molecule is CN1CCCCC1NS(=O)(=O)c1ccc([N+](=O)[O-])cc1. The summed E-state index contributed by atoms with van der Waals surface area (Å²) in [6.45, 7) is 0.855. The summed E-state index contributed by atoms with van der Waals surface area (Å²) in [7, 11) is -1.77. The van der Waals surface area contributed by atoms with E-state index in [1.54, 1.807) is 0 Å². The fraction of sp³-hybridized carbons (Fsp3) is 0.500. The number of nitro benzene ring substituents is 1. The Bertz CT molecular complexity index is 585. The van der Waals surface area contributed by atoms with Crippen molar-refractivity contribution in [1.29, 1.82) is 0 Å². The molecule has 0 amide bonds. The van der Waals surface area contributed by atoms with Gasteiger partial charge in [-0.25, -0.2) is 8.42 Å². The molecule has 8 heteroatoms. The molecule has 1 aliphatic heterocycles. The first-order valence-electron chi connectivity index (χ1n) is 6.37. The Morgan fingerprint density at radius 2 is 1.95 bits per heavy atom. The molecule has 0 spiro atoms. The van der Waals surface area contributed by atoms with E-state index in [4.69, 9.17) is 0 Å². The first-order valence-corrected chi connectivity index (χ1v) is 7.85. The van der Waals surface area contributed by atoms with Gasteiger partial charge in [-0.15, -0.1) is 0 Å². The topological polar surface area (TPSA) is 92.6 Å². The average molecular weight is 299 g/mol. The van der Waals surface area contributed by atoms with Crippen LogP contribution < -0.4 is 4.72 Å². The molecule has 1 heterocycles. The first kappa shape index (κ1) is 14.9. The van der Waals surface area contributed by atoms with Crippen LogP contribution in [0.1, 0.15) is 19.3 Å². The zero-order valence-corrected chi connectivity index (χ0v) is 12.0. The Kier molecular flexibility index (Phi) is 4.36. The highest BCUT2D eigenvalue weighted by atomic mass is 32.2. The number of sulfonamides is 1. The highest BCUT2D eigenvalue weighted by molar-refractivity contribution is 7.89. The molecule has 2 rings (SSSR count). The van der Waals surface area contributed by atoms with Crippen molar-refractivity contribution >= 4 is 15.7 Å². The van der Waals surface area contributed by atoms with Crippen molar-refractivity contribution in [2.45, 2.75) is 30.3 Å². The van der Waals surface area contributed by atoms with Gasteiger partial charge in [0.2, 0.25) is 10.0 Å². The minimum absolute atomic E-state index is 0.0436. The number of benzene rings is 1. The van der Waals surface area contributed by atoms with Crippen LogP contribution in [0.2, 0.25) is 0 Å². The molecule has 1 unspecified atom stereocenters. The standard InChI is InChI=1S/C12H17N3O4S/c1-14-9-3-2-4-12(14)13-20(18,19)11-7-5-10(6-8-11)15(16)17/h5-8,12-13H,2-4,9H2,1H3. The Labute approximate surface area is 117 Å². The second kappa shape index (κ2) is 5.86. The summed E-state index contributed by atoms with van der Waals surface area (Å²) < 4.78 is 27.1. The maximum atomic E-state index is 12.2. The fourth-order valence-corrected chi connectivity index (χ4v) is 3.50. The minimum Gasteiger partial charge on any atom is -0.290 e. The van der Waals surface area contributed by atoms with Gasteiger partial charge in [-0.1, -0.05) is 0 Å². The van der Waals surface area contributed by atoms with Gasteiger partial charge in [-0.3, -0.25) is 15.0 Å². The molecule has 1 aromatic rings. The number of rotatable bonds is 4. The van der Waals surface area contributed by atoms with Crippen LogP contribution in [-0.2, 0) is 10.0 Å². The number of nitrogens with one attached hydrogen (secondary N) is 1. The van der Waals surface area contributed by atoms with E-state index in [1.165, 1.54) is 24.3 Å². The summed E-state index contributed by atoms with van der Waals surface area (Å²) >= 11 is 0. The van der Waals surface area contributed by atoms with E-state index >= 15 is 0 Å². The molecular weight excluding hydrogens is 282 g/mol. The van der Waals surface area contributed by atoms with Crippen molar-refractivity contribution in [1.82, 2.24) is 9.62 Å². The number of likely N-dealkylation sites (tertiary alicyclic amines) is 1. The van der Waals surface area contributed by atoms with Crippen LogP contribution in [0.5, 0.6) is 0 Å². The zero-order chi connectivity index (χ0) is 14.8. The Morgan fingerprint density at radius 3 is 2.50 bits per heavy atom. The number of piperidine rings is 1. The number of nitrogens with zero attached hydrogens (tertiary/aromatic N) is 2. The van der Waals surface area contributed by atoms with Crippen LogP contribution in [-0.4, -0.2) is 38.0 Å².